The van der Waals surface area contributed by atoms with E-state index in [1.165, 1.54) is 11.3 Å². The lowest BCUT2D eigenvalue weighted by Gasteiger charge is -1.97. The Bertz CT molecular complexity index is 317. The second kappa shape index (κ2) is 2.38. The number of nitrogens with one attached hydrogen (secondary N) is 1. The molecule has 1 N–H and O–H groups in total. The number of rotatable bonds is 0. The predicted octanol–water partition coefficient (Wildman–Crippen LogP) is 2.93. The first-order valence-electron chi connectivity index (χ1n) is 3.49. The van der Waals surface area contributed by atoms with E-state index in [-0.39, 0.29) is 0 Å². The van der Waals surface area contributed by atoms with Crippen molar-refractivity contribution in [2.45, 2.75) is 6.42 Å². The van der Waals surface area contributed by atoms with Gasteiger partial charge in [0, 0.05) is 22.3 Å². The van der Waals surface area contributed by atoms with Crippen molar-refractivity contribution in [3.63, 3.8) is 0 Å². The molecule has 0 spiro atoms. The van der Waals surface area contributed by atoms with E-state index in [4.69, 9.17) is 0 Å². The Morgan fingerprint density at radius 3 is 3.09 bits per heavy atom. The van der Waals surface area contributed by atoms with Gasteiger partial charge in [-0.1, -0.05) is 22.5 Å². The zero-order chi connectivity index (χ0) is 7.84. The average Bonchev–Trinajstić information content (AvgIpc) is 2.27. The van der Waals surface area contributed by atoms with Gasteiger partial charge in [0.2, 0.25) is 0 Å². The maximum Gasteiger partial charge on any atom is 0.0419 e. The maximum absolute atomic E-state index is 3.87. The van der Waals surface area contributed by atoms with Crippen molar-refractivity contribution in [1.82, 2.24) is 0 Å². The minimum atomic E-state index is 0.953. The normalized spacial score (nSPS) is 14.5. The number of allylic oxidation sites excluding steroid dienone is 1. The molecule has 1 aliphatic heterocycles. The number of hydrogen-bond acceptors (Lipinski definition) is 1. The van der Waals surface area contributed by atoms with E-state index in [1.54, 1.807) is 0 Å². The number of halogens is 1. The standard InChI is InChI=1S/C9H8BrN/c1-6-4-7-5-8(10)2-3-9(7)11-6/h2-3,5,11H,1,4H2. The number of anilines is 1. The molecule has 11 heavy (non-hydrogen) atoms. The summed E-state index contributed by atoms with van der Waals surface area (Å²) < 4.78 is 1.13. The highest BCUT2D eigenvalue weighted by molar-refractivity contribution is 9.10. The molecule has 0 saturated heterocycles. The van der Waals surface area contributed by atoms with Crippen LogP contribution in [-0.2, 0) is 6.42 Å². The predicted molar refractivity (Wildman–Crippen MR) is 50.6 cm³/mol. The monoisotopic (exact) mass is 209 g/mol. The van der Waals surface area contributed by atoms with Gasteiger partial charge in [-0.2, -0.15) is 0 Å². The van der Waals surface area contributed by atoms with Gasteiger partial charge in [0.25, 0.3) is 0 Å². The van der Waals surface area contributed by atoms with E-state index in [0.717, 1.165) is 16.6 Å². The largest absolute Gasteiger partial charge is 0.359 e. The molecule has 0 atom stereocenters. The van der Waals surface area contributed by atoms with Gasteiger partial charge in [-0.25, -0.2) is 0 Å². The minimum Gasteiger partial charge on any atom is -0.359 e. The summed E-state index contributed by atoms with van der Waals surface area (Å²) in [5, 5.41) is 3.21. The molecule has 0 saturated carbocycles. The minimum absolute atomic E-state index is 0.953. The van der Waals surface area contributed by atoms with Crippen molar-refractivity contribution < 1.29 is 0 Å². The number of benzene rings is 1. The molecule has 1 nitrogen and oxygen atoms in total. The molecule has 0 bridgehead atoms. The highest BCUT2D eigenvalue weighted by Crippen LogP contribution is 2.29. The molecule has 0 fully saturated rings. The maximum atomic E-state index is 3.87. The SMILES string of the molecule is C=C1Cc2cc(Br)ccc2N1. The van der Waals surface area contributed by atoms with Gasteiger partial charge < -0.3 is 5.32 Å². The summed E-state index contributed by atoms with van der Waals surface area (Å²) in [4.78, 5) is 0. The van der Waals surface area contributed by atoms with Gasteiger partial charge in [-0.05, 0) is 23.8 Å². The van der Waals surface area contributed by atoms with Gasteiger partial charge in [-0.3, -0.25) is 0 Å². The second-order valence-corrected chi connectivity index (χ2v) is 3.62. The first-order chi connectivity index (χ1) is 5.25. The highest BCUT2D eigenvalue weighted by Gasteiger charge is 2.11. The van der Waals surface area contributed by atoms with Gasteiger partial charge in [0.05, 0.1) is 0 Å². The Labute approximate surface area is 74.2 Å². The van der Waals surface area contributed by atoms with Gasteiger partial charge >= 0.3 is 0 Å². The first kappa shape index (κ1) is 6.92. The Morgan fingerprint density at radius 1 is 1.45 bits per heavy atom. The zero-order valence-electron chi connectivity index (χ0n) is 6.02. The fourth-order valence-electron chi connectivity index (χ4n) is 1.30. The van der Waals surface area contributed by atoms with Crippen LogP contribution in [0.25, 0.3) is 0 Å². The van der Waals surface area contributed by atoms with Gasteiger partial charge in [-0.15, -0.1) is 0 Å². The van der Waals surface area contributed by atoms with Crippen LogP contribution in [0, 0.1) is 0 Å². The average molecular weight is 210 g/mol. The fraction of sp³-hybridized carbons (Fsp3) is 0.111. The number of fused-ring (bicyclic) bond motifs is 1. The molecule has 0 unspecified atom stereocenters. The molecule has 0 aromatic heterocycles. The van der Waals surface area contributed by atoms with Crippen molar-refractivity contribution in [3.8, 4) is 0 Å². The van der Waals surface area contributed by atoms with Crippen LogP contribution >= 0.6 is 15.9 Å². The summed E-state index contributed by atoms with van der Waals surface area (Å²) in [6.07, 6.45) is 0.953. The summed E-state index contributed by atoms with van der Waals surface area (Å²) in [5.74, 6) is 0. The second-order valence-electron chi connectivity index (χ2n) is 2.71. The van der Waals surface area contributed by atoms with E-state index in [0.29, 0.717) is 0 Å². The summed E-state index contributed by atoms with van der Waals surface area (Å²) in [5.41, 5.74) is 3.60. The molecule has 2 rings (SSSR count). The fourth-order valence-corrected chi connectivity index (χ4v) is 1.70. The molecule has 1 aliphatic rings. The van der Waals surface area contributed by atoms with Crippen LogP contribution in [0.3, 0.4) is 0 Å². The molecule has 0 radical (unpaired) electrons. The van der Waals surface area contributed by atoms with Crippen molar-refractivity contribution in [2.75, 3.05) is 5.32 Å². The van der Waals surface area contributed by atoms with Crippen LogP contribution < -0.4 is 5.32 Å². The Hall–Kier alpha value is -0.760. The smallest absolute Gasteiger partial charge is 0.0419 e. The van der Waals surface area contributed by atoms with Crippen molar-refractivity contribution in [2.24, 2.45) is 0 Å². The van der Waals surface area contributed by atoms with E-state index in [9.17, 15) is 0 Å². The third kappa shape index (κ3) is 1.18. The Kier molecular flexibility index (Phi) is 1.50. The molecule has 2 heteroatoms. The molecule has 1 heterocycles. The molecular weight excluding hydrogens is 202 g/mol. The lowest BCUT2D eigenvalue weighted by Crippen LogP contribution is -1.86. The van der Waals surface area contributed by atoms with Crippen LogP contribution in [-0.4, -0.2) is 0 Å². The zero-order valence-corrected chi connectivity index (χ0v) is 7.61. The van der Waals surface area contributed by atoms with Crippen LogP contribution in [0.5, 0.6) is 0 Å². The molecule has 56 valence electrons. The van der Waals surface area contributed by atoms with E-state index >= 15 is 0 Å². The molecule has 0 aliphatic carbocycles. The Morgan fingerprint density at radius 2 is 2.27 bits per heavy atom. The first-order valence-corrected chi connectivity index (χ1v) is 4.28. The van der Waals surface area contributed by atoms with Crippen molar-refractivity contribution in [3.05, 3.63) is 40.5 Å². The molecular formula is C9H8BrN. The lowest BCUT2D eigenvalue weighted by molar-refractivity contribution is 1.26. The molecule has 1 aromatic carbocycles. The molecule has 1 aromatic rings. The quantitative estimate of drug-likeness (QED) is 0.694. The van der Waals surface area contributed by atoms with Crippen LogP contribution in [0.1, 0.15) is 5.56 Å². The van der Waals surface area contributed by atoms with Crippen molar-refractivity contribution >= 4 is 21.6 Å². The van der Waals surface area contributed by atoms with Gasteiger partial charge in [0.1, 0.15) is 0 Å². The number of hydrogen-bond donors (Lipinski definition) is 1. The van der Waals surface area contributed by atoms with Gasteiger partial charge in [0.15, 0.2) is 0 Å². The van der Waals surface area contributed by atoms with Crippen LogP contribution in [0.15, 0.2) is 34.9 Å². The highest BCUT2D eigenvalue weighted by atomic mass is 79.9. The summed E-state index contributed by atoms with van der Waals surface area (Å²) >= 11 is 3.43. The molecule has 0 amide bonds. The van der Waals surface area contributed by atoms with Crippen LogP contribution in [0.4, 0.5) is 5.69 Å². The third-order valence-corrected chi connectivity index (χ3v) is 2.28. The van der Waals surface area contributed by atoms with E-state index < -0.39 is 0 Å². The van der Waals surface area contributed by atoms with E-state index in [2.05, 4.69) is 40.0 Å². The summed E-state index contributed by atoms with van der Waals surface area (Å²) in [6.45, 7) is 3.87. The summed E-state index contributed by atoms with van der Waals surface area (Å²) in [7, 11) is 0. The topological polar surface area (TPSA) is 12.0 Å². The third-order valence-electron chi connectivity index (χ3n) is 1.78. The Balaban J connectivity index is 2.51. The lowest BCUT2D eigenvalue weighted by atomic mass is 10.2. The van der Waals surface area contributed by atoms with E-state index in [1.807, 2.05) is 6.07 Å². The van der Waals surface area contributed by atoms with Crippen molar-refractivity contribution in [1.29, 1.82) is 0 Å². The summed E-state index contributed by atoms with van der Waals surface area (Å²) in [6, 6.07) is 6.22. The van der Waals surface area contributed by atoms with Crippen LogP contribution in [0.2, 0.25) is 0 Å².